The smallest absolute Gasteiger partial charge is 0.255 e. The Hall–Kier alpha value is -3.14. The number of hydrogen-bond acceptors (Lipinski definition) is 6. The molecule has 1 amide bonds. The molecule has 0 spiro atoms. The lowest BCUT2D eigenvalue weighted by atomic mass is 9.74. The Bertz CT molecular complexity index is 1550. The van der Waals surface area contributed by atoms with Crippen molar-refractivity contribution in [3.05, 3.63) is 102 Å². The van der Waals surface area contributed by atoms with Crippen LogP contribution in [0.1, 0.15) is 43.2 Å². The molecule has 1 atom stereocenters. The van der Waals surface area contributed by atoms with Gasteiger partial charge >= 0.3 is 0 Å². The van der Waals surface area contributed by atoms with E-state index in [4.69, 9.17) is 21.1 Å². The number of methoxy groups -OCH3 is 1. The maximum atomic E-state index is 13.8. The maximum absolute atomic E-state index is 13.8. The fourth-order valence-electron chi connectivity index (χ4n) is 5.09. The van der Waals surface area contributed by atoms with Crippen LogP contribution >= 0.6 is 43.5 Å². The Kier molecular flexibility index (Phi) is 8.63. The van der Waals surface area contributed by atoms with Crippen molar-refractivity contribution in [2.24, 2.45) is 0 Å². The van der Waals surface area contributed by atoms with Crippen molar-refractivity contribution in [3.8, 4) is 11.5 Å². The highest BCUT2D eigenvalue weighted by molar-refractivity contribution is 9.10. The minimum absolute atomic E-state index is 0.0389. The van der Waals surface area contributed by atoms with Crippen LogP contribution in [0.3, 0.4) is 0 Å². The summed E-state index contributed by atoms with van der Waals surface area (Å²) in [5.74, 6) is 0.831. The molecule has 0 bridgehead atoms. The molecule has 2 heterocycles. The van der Waals surface area contributed by atoms with Gasteiger partial charge in [0.25, 0.3) is 5.91 Å². The summed E-state index contributed by atoms with van der Waals surface area (Å²) in [6, 6.07) is 14.5. The van der Waals surface area contributed by atoms with Crippen molar-refractivity contribution < 1.29 is 19.1 Å². The number of benzene rings is 2. The Morgan fingerprint density at radius 2 is 1.93 bits per heavy atom. The molecular weight excluding hydrogens is 662 g/mol. The molecule has 206 valence electrons. The summed E-state index contributed by atoms with van der Waals surface area (Å²) in [5, 5.41) is 6.85. The van der Waals surface area contributed by atoms with Gasteiger partial charge in [0.15, 0.2) is 5.78 Å². The van der Waals surface area contributed by atoms with Gasteiger partial charge in [0.2, 0.25) is 0 Å². The Labute approximate surface area is 254 Å². The molecule has 40 heavy (non-hydrogen) atoms. The van der Waals surface area contributed by atoms with Crippen LogP contribution in [-0.2, 0) is 16.2 Å². The van der Waals surface area contributed by atoms with Crippen LogP contribution < -0.4 is 20.1 Å². The van der Waals surface area contributed by atoms with Crippen LogP contribution in [0.4, 0.5) is 5.82 Å². The van der Waals surface area contributed by atoms with Crippen molar-refractivity contribution in [1.82, 2.24) is 10.3 Å². The molecule has 5 rings (SSSR count). The molecule has 1 aliphatic heterocycles. The first-order chi connectivity index (χ1) is 19.2. The molecule has 2 aliphatic rings. The van der Waals surface area contributed by atoms with E-state index >= 15 is 0 Å². The maximum Gasteiger partial charge on any atom is 0.255 e. The average molecular weight is 688 g/mol. The number of rotatable bonds is 7. The van der Waals surface area contributed by atoms with Crippen molar-refractivity contribution in [2.75, 3.05) is 12.4 Å². The zero-order valence-electron chi connectivity index (χ0n) is 21.8. The van der Waals surface area contributed by atoms with E-state index in [1.165, 1.54) is 0 Å². The summed E-state index contributed by atoms with van der Waals surface area (Å²) >= 11 is 12.9. The second-order valence-electron chi connectivity index (χ2n) is 9.52. The number of dihydropyridines is 1. The molecule has 10 heteroatoms. The van der Waals surface area contributed by atoms with Gasteiger partial charge in [0, 0.05) is 56.1 Å². The molecule has 1 aliphatic carbocycles. The number of Topliss-reactive ketones (excluding diaryl/α,β-unsaturated/α-hetero) is 1. The zero-order valence-corrected chi connectivity index (χ0v) is 25.7. The Morgan fingerprint density at radius 3 is 2.65 bits per heavy atom. The van der Waals surface area contributed by atoms with Gasteiger partial charge in [0.05, 0.1) is 11.6 Å². The van der Waals surface area contributed by atoms with Crippen molar-refractivity contribution in [2.45, 2.75) is 38.7 Å². The number of nitrogens with zero attached hydrogens (tertiary/aromatic N) is 1. The second-order valence-corrected chi connectivity index (χ2v) is 11.7. The minimum atomic E-state index is -0.563. The number of carbonyl (C=O) groups excluding carboxylic acids is 2. The van der Waals surface area contributed by atoms with Crippen molar-refractivity contribution in [3.63, 3.8) is 0 Å². The molecule has 0 fully saturated rings. The number of pyridine rings is 1. The van der Waals surface area contributed by atoms with Gasteiger partial charge in [-0.15, -0.1) is 0 Å². The molecule has 1 unspecified atom stereocenters. The lowest BCUT2D eigenvalue weighted by Gasteiger charge is -2.34. The third-order valence-corrected chi connectivity index (χ3v) is 8.23. The predicted octanol–water partition coefficient (Wildman–Crippen LogP) is 7.45. The number of nitrogens with one attached hydrogen (secondary N) is 2. The van der Waals surface area contributed by atoms with Crippen molar-refractivity contribution >= 4 is 61.0 Å². The molecule has 0 saturated carbocycles. The normalized spacial score (nSPS) is 16.8. The number of amides is 1. The number of aromatic nitrogens is 1. The lowest BCUT2D eigenvalue weighted by molar-refractivity contribution is -0.116. The Morgan fingerprint density at radius 1 is 1.12 bits per heavy atom. The number of hydrogen-bond donors (Lipinski definition) is 2. The van der Waals surface area contributed by atoms with E-state index in [-0.39, 0.29) is 18.3 Å². The summed E-state index contributed by atoms with van der Waals surface area (Å²) < 4.78 is 13.3. The van der Waals surface area contributed by atoms with E-state index in [1.807, 2.05) is 25.1 Å². The first-order valence-electron chi connectivity index (χ1n) is 12.7. The minimum Gasteiger partial charge on any atom is -0.496 e. The SMILES string of the molecule is COc1ccc(C2C(C(=O)Nc3ccc(Br)cn3)=C(C)NC3=C2C(=O)CCC3)cc1COc1ccc(Cl)cc1Br. The molecule has 2 N–H and O–H groups in total. The van der Waals surface area contributed by atoms with Crippen LogP contribution in [0.15, 0.2) is 86.2 Å². The van der Waals surface area contributed by atoms with E-state index in [2.05, 4.69) is 47.5 Å². The van der Waals surface area contributed by atoms with Gasteiger partial charge in [-0.05, 0) is 99.7 Å². The van der Waals surface area contributed by atoms with Gasteiger partial charge in [-0.3, -0.25) is 9.59 Å². The summed E-state index contributed by atoms with van der Waals surface area (Å²) in [6.07, 6.45) is 3.57. The molecule has 3 aromatic rings. The number of anilines is 1. The number of ketones is 1. The van der Waals surface area contributed by atoms with Crippen LogP contribution in [-0.4, -0.2) is 23.8 Å². The van der Waals surface area contributed by atoms with Gasteiger partial charge in [-0.25, -0.2) is 4.98 Å². The van der Waals surface area contributed by atoms with E-state index in [0.29, 0.717) is 45.6 Å². The zero-order chi connectivity index (χ0) is 28.4. The molecule has 0 radical (unpaired) electrons. The number of halogens is 3. The third kappa shape index (κ3) is 5.96. The summed E-state index contributed by atoms with van der Waals surface area (Å²) in [4.78, 5) is 31.4. The monoisotopic (exact) mass is 685 g/mol. The topological polar surface area (TPSA) is 89.5 Å². The largest absolute Gasteiger partial charge is 0.496 e. The fraction of sp³-hybridized carbons (Fsp3) is 0.233. The standard InChI is InChI=1S/C30H26Br2ClN3O4/c1-16-27(30(38)36-26-11-7-19(31)14-34-26)28(29-22(35-16)4-3-5-23(29)37)17-6-9-24(39-2)18(12-17)15-40-25-10-8-20(33)13-21(25)32/h6-14,28,35H,3-5,15H2,1-2H3,(H,34,36,38). The quantitative estimate of drug-likeness (QED) is 0.268. The molecule has 2 aromatic carbocycles. The molecule has 1 aromatic heterocycles. The Balaban J connectivity index is 1.54. The first-order valence-corrected chi connectivity index (χ1v) is 14.6. The van der Waals surface area contributed by atoms with Gasteiger partial charge < -0.3 is 20.1 Å². The lowest BCUT2D eigenvalue weighted by Crippen LogP contribution is -2.35. The average Bonchev–Trinajstić information content (AvgIpc) is 2.93. The number of carbonyl (C=O) groups is 2. The first kappa shape index (κ1) is 28.4. The van der Waals surface area contributed by atoms with Crippen LogP contribution in [0, 0.1) is 0 Å². The van der Waals surface area contributed by atoms with Gasteiger partial charge in [-0.2, -0.15) is 0 Å². The van der Waals surface area contributed by atoms with E-state index < -0.39 is 5.92 Å². The van der Waals surface area contributed by atoms with Crippen molar-refractivity contribution in [1.29, 1.82) is 0 Å². The van der Waals surface area contributed by atoms with E-state index in [0.717, 1.165) is 38.6 Å². The highest BCUT2D eigenvalue weighted by Crippen LogP contribution is 2.43. The second kappa shape index (κ2) is 12.2. The fourth-order valence-corrected chi connectivity index (χ4v) is 6.12. The van der Waals surface area contributed by atoms with E-state index in [1.54, 1.807) is 43.6 Å². The van der Waals surface area contributed by atoms with Crippen LogP contribution in [0.25, 0.3) is 0 Å². The molecule has 7 nitrogen and oxygen atoms in total. The van der Waals surface area contributed by atoms with Gasteiger partial charge in [-0.1, -0.05) is 17.7 Å². The summed E-state index contributed by atoms with van der Waals surface area (Å²) in [5.41, 5.74) is 4.24. The van der Waals surface area contributed by atoms with Crippen LogP contribution in [0.5, 0.6) is 11.5 Å². The highest BCUT2D eigenvalue weighted by atomic mass is 79.9. The third-order valence-electron chi connectivity index (χ3n) is 6.90. The summed E-state index contributed by atoms with van der Waals surface area (Å²) in [6.45, 7) is 2.07. The van der Waals surface area contributed by atoms with Gasteiger partial charge in [0.1, 0.15) is 23.9 Å². The summed E-state index contributed by atoms with van der Waals surface area (Å²) in [7, 11) is 1.60. The molecule has 0 saturated heterocycles. The molecular formula is C30H26Br2ClN3O4. The highest BCUT2D eigenvalue weighted by Gasteiger charge is 2.38. The van der Waals surface area contributed by atoms with E-state index in [9.17, 15) is 9.59 Å². The number of ether oxygens (including phenoxy) is 2. The number of allylic oxidation sites excluding steroid dienone is 3. The predicted molar refractivity (Wildman–Crippen MR) is 162 cm³/mol. The van der Waals surface area contributed by atoms with Crippen LogP contribution in [0.2, 0.25) is 5.02 Å².